The standard InChI is InChI=1S/C30H48O/c1-19-11-14-27(5)17-18-29(7)22-9-10-23-26(3,4)24(31)13-15-28(23,6)21(22)12-16-30(29,8)25(27)20(19)2/h19-20,23,25H,9-18H2,1-8H3. The molecule has 5 aliphatic rings. The van der Waals surface area contributed by atoms with Crippen molar-refractivity contribution in [2.45, 2.75) is 120 Å². The van der Waals surface area contributed by atoms with Gasteiger partial charge in [-0.25, -0.2) is 0 Å². The summed E-state index contributed by atoms with van der Waals surface area (Å²) in [6.45, 7) is 20.3. The van der Waals surface area contributed by atoms with Crippen LogP contribution in [0.3, 0.4) is 0 Å². The molecule has 8 unspecified atom stereocenters. The lowest BCUT2D eigenvalue weighted by molar-refractivity contribution is -0.164. The Morgan fingerprint density at radius 3 is 2.16 bits per heavy atom. The maximum absolute atomic E-state index is 12.9. The van der Waals surface area contributed by atoms with Gasteiger partial charge < -0.3 is 0 Å². The van der Waals surface area contributed by atoms with Crippen LogP contribution < -0.4 is 0 Å². The summed E-state index contributed by atoms with van der Waals surface area (Å²) in [5.41, 5.74) is 5.12. The first-order chi connectivity index (χ1) is 14.3. The van der Waals surface area contributed by atoms with E-state index in [2.05, 4.69) is 55.4 Å². The number of Topliss-reactive ketones (excluding diaryl/α,β-unsaturated/α-hetero) is 1. The van der Waals surface area contributed by atoms with Crippen LogP contribution in [0.5, 0.6) is 0 Å². The van der Waals surface area contributed by atoms with Crippen LogP contribution in [0.4, 0.5) is 0 Å². The third-order valence-corrected chi connectivity index (χ3v) is 13.0. The molecule has 0 N–H and O–H groups in total. The van der Waals surface area contributed by atoms with E-state index >= 15 is 0 Å². The third-order valence-electron chi connectivity index (χ3n) is 13.0. The Labute approximate surface area is 192 Å². The minimum Gasteiger partial charge on any atom is -0.299 e. The van der Waals surface area contributed by atoms with Gasteiger partial charge in [0.25, 0.3) is 0 Å². The SMILES string of the molecule is CC1CCC2(C)CCC3(C)C4=C(CCC3(C)C2C1C)C1(C)CCC(=O)C(C)(C)C1CC4. The Morgan fingerprint density at radius 2 is 1.45 bits per heavy atom. The number of carbonyl (C=O) groups excluding carboxylic acids is 1. The third kappa shape index (κ3) is 2.59. The highest BCUT2D eigenvalue weighted by Crippen LogP contribution is 2.74. The van der Waals surface area contributed by atoms with Crippen LogP contribution in [0, 0.1) is 50.7 Å². The molecule has 0 aromatic rings. The van der Waals surface area contributed by atoms with Crippen LogP contribution >= 0.6 is 0 Å². The lowest BCUT2D eigenvalue weighted by atomic mass is 9.35. The molecule has 0 aromatic carbocycles. The molecule has 0 aromatic heterocycles. The molecule has 0 aliphatic heterocycles. The molecule has 0 heterocycles. The van der Waals surface area contributed by atoms with E-state index in [9.17, 15) is 4.79 Å². The highest BCUT2D eigenvalue weighted by molar-refractivity contribution is 5.85. The van der Waals surface area contributed by atoms with Gasteiger partial charge in [-0.15, -0.1) is 0 Å². The van der Waals surface area contributed by atoms with E-state index in [1.807, 2.05) is 11.1 Å². The van der Waals surface area contributed by atoms with E-state index in [1.165, 1.54) is 51.4 Å². The first-order valence-electron chi connectivity index (χ1n) is 13.6. The van der Waals surface area contributed by atoms with Crippen molar-refractivity contribution in [3.8, 4) is 0 Å². The zero-order chi connectivity index (χ0) is 22.6. The normalized spacial score (nSPS) is 53.9. The van der Waals surface area contributed by atoms with Crippen LogP contribution in [-0.4, -0.2) is 5.78 Å². The van der Waals surface area contributed by atoms with Crippen molar-refractivity contribution in [1.82, 2.24) is 0 Å². The van der Waals surface area contributed by atoms with Crippen molar-refractivity contribution >= 4 is 5.78 Å². The van der Waals surface area contributed by atoms with Crippen LogP contribution in [-0.2, 0) is 4.79 Å². The summed E-state index contributed by atoms with van der Waals surface area (Å²) < 4.78 is 0. The molecule has 8 atom stereocenters. The lowest BCUT2D eigenvalue weighted by Crippen LogP contribution is -2.62. The number of ketones is 1. The van der Waals surface area contributed by atoms with E-state index in [4.69, 9.17) is 0 Å². The number of rotatable bonds is 0. The fourth-order valence-electron chi connectivity index (χ4n) is 10.8. The van der Waals surface area contributed by atoms with E-state index in [0.717, 1.165) is 30.6 Å². The van der Waals surface area contributed by atoms with Crippen LogP contribution in [0.15, 0.2) is 11.1 Å². The number of fused-ring (bicyclic) bond motifs is 6. The molecule has 3 fully saturated rings. The monoisotopic (exact) mass is 424 g/mol. The summed E-state index contributed by atoms with van der Waals surface area (Å²) in [6, 6.07) is 0. The Morgan fingerprint density at radius 1 is 0.742 bits per heavy atom. The van der Waals surface area contributed by atoms with E-state index in [1.54, 1.807) is 0 Å². The molecule has 3 saturated carbocycles. The molecule has 174 valence electrons. The van der Waals surface area contributed by atoms with Gasteiger partial charge in [0.15, 0.2) is 0 Å². The predicted octanol–water partition coefficient (Wildman–Crippen LogP) is 8.38. The second kappa shape index (κ2) is 6.50. The molecule has 0 radical (unpaired) electrons. The smallest absolute Gasteiger partial charge is 0.138 e. The first-order valence-corrected chi connectivity index (χ1v) is 13.6. The summed E-state index contributed by atoms with van der Waals surface area (Å²) in [5.74, 6) is 3.61. The Kier molecular flexibility index (Phi) is 4.66. The molecule has 5 rings (SSSR count). The number of carbonyl (C=O) groups is 1. The summed E-state index contributed by atoms with van der Waals surface area (Å²) in [5, 5.41) is 0. The van der Waals surface area contributed by atoms with Crippen molar-refractivity contribution < 1.29 is 4.79 Å². The largest absolute Gasteiger partial charge is 0.299 e. The molecule has 0 saturated heterocycles. The van der Waals surface area contributed by atoms with Crippen molar-refractivity contribution in [3.63, 3.8) is 0 Å². The number of hydrogen-bond donors (Lipinski definition) is 0. The molecule has 0 bridgehead atoms. The van der Waals surface area contributed by atoms with Gasteiger partial charge in [-0.1, -0.05) is 66.5 Å². The summed E-state index contributed by atoms with van der Waals surface area (Å²) in [7, 11) is 0. The Hall–Kier alpha value is -0.590. The van der Waals surface area contributed by atoms with Gasteiger partial charge in [-0.3, -0.25) is 4.79 Å². The summed E-state index contributed by atoms with van der Waals surface area (Å²) in [6.07, 6.45) is 12.7. The molecular weight excluding hydrogens is 376 g/mol. The average Bonchev–Trinajstić information content (AvgIpc) is 2.70. The second-order valence-corrected chi connectivity index (χ2v) is 14.4. The highest BCUT2D eigenvalue weighted by Gasteiger charge is 2.66. The zero-order valence-electron chi connectivity index (χ0n) is 21.8. The predicted molar refractivity (Wildman–Crippen MR) is 130 cm³/mol. The van der Waals surface area contributed by atoms with Crippen molar-refractivity contribution in [2.75, 3.05) is 0 Å². The topological polar surface area (TPSA) is 17.1 Å². The van der Waals surface area contributed by atoms with Gasteiger partial charge in [-0.05, 0) is 103 Å². The molecule has 5 aliphatic carbocycles. The Bertz CT molecular complexity index is 833. The quantitative estimate of drug-likeness (QED) is 0.357. The first kappa shape index (κ1) is 22.2. The molecular formula is C30H48O. The Balaban J connectivity index is 1.61. The van der Waals surface area contributed by atoms with Crippen molar-refractivity contribution in [2.24, 2.45) is 50.7 Å². The van der Waals surface area contributed by atoms with E-state index in [-0.39, 0.29) is 10.8 Å². The van der Waals surface area contributed by atoms with Crippen molar-refractivity contribution in [3.05, 3.63) is 11.1 Å². The van der Waals surface area contributed by atoms with Gasteiger partial charge in [0, 0.05) is 11.8 Å². The minimum absolute atomic E-state index is 0.147. The fourth-order valence-corrected chi connectivity index (χ4v) is 10.8. The van der Waals surface area contributed by atoms with Gasteiger partial charge in [0.2, 0.25) is 0 Å². The fraction of sp³-hybridized carbons (Fsp3) is 0.900. The van der Waals surface area contributed by atoms with Gasteiger partial charge in [0.05, 0.1) is 0 Å². The van der Waals surface area contributed by atoms with Gasteiger partial charge in [-0.2, -0.15) is 0 Å². The zero-order valence-corrected chi connectivity index (χ0v) is 21.8. The molecule has 1 heteroatoms. The van der Waals surface area contributed by atoms with E-state index < -0.39 is 0 Å². The molecule has 31 heavy (non-hydrogen) atoms. The molecule has 0 amide bonds. The maximum Gasteiger partial charge on any atom is 0.138 e. The maximum atomic E-state index is 12.9. The van der Waals surface area contributed by atoms with Crippen LogP contribution in [0.25, 0.3) is 0 Å². The van der Waals surface area contributed by atoms with Crippen LogP contribution in [0.1, 0.15) is 120 Å². The van der Waals surface area contributed by atoms with E-state index in [0.29, 0.717) is 27.9 Å². The second-order valence-electron chi connectivity index (χ2n) is 14.4. The lowest BCUT2D eigenvalue weighted by Gasteiger charge is -2.70. The van der Waals surface area contributed by atoms with Gasteiger partial charge in [0.1, 0.15) is 5.78 Å². The minimum atomic E-state index is -0.147. The van der Waals surface area contributed by atoms with Crippen molar-refractivity contribution in [1.29, 1.82) is 0 Å². The summed E-state index contributed by atoms with van der Waals surface area (Å²) >= 11 is 0. The number of hydrogen-bond acceptors (Lipinski definition) is 1. The molecule has 0 spiro atoms. The summed E-state index contributed by atoms with van der Waals surface area (Å²) in [4.78, 5) is 12.9. The van der Waals surface area contributed by atoms with Crippen LogP contribution in [0.2, 0.25) is 0 Å². The number of allylic oxidation sites excluding steroid dienone is 2. The average molecular weight is 425 g/mol. The van der Waals surface area contributed by atoms with Gasteiger partial charge >= 0.3 is 0 Å². The highest BCUT2D eigenvalue weighted by atomic mass is 16.1. The molecule has 1 nitrogen and oxygen atoms in total.